The number of carbonyl (C=O) groups is 1. The van der Waals surface area contributed by atoms with Gasteiger partial charge in [-0.15, -0.1) is 0 Å². The van der Waals surface area contributed by atoms with E-state index in [1.54, 1.807) is 0 Å². The Morgan fingerprint density at radius 1 is 1.83 bits per heavy atom. The molecule has 1 rings (SSSR count). The zero-order valence-electron chi connectivity index (χ0n) is 7.25. The van der Waals surface area contributed by atoms with Crippen LogP contribution in [0.4, 0.5) is 0 Å². The third-order valence-corrected chi connectivity index (χ3v) is 2.25. The second kappa shape index (κ2) is 4.42. The monoisotopic (exact) mass is 173 g/mol. The summed E-state index contributed by atoms with van der Waals surface area (Å²) in [6, 6.07) is 0.239. The first-order valence-corrected chi connectivity index (χ1v) is 4.23. The molecule has 12 heavy (non-hydrogen) atoms. The van der Waals surface area contributed by atoms with Crippen LogP contribution in [0.25, 0.3) is 0 Å². The highest BCUT2D eigenvalue weighted by Crippen LogP contribution is 2.15. The minimum absolute atomic E-state index is 0.0394. The maximum Gasteiger partial charge on any atom is 0.317 e. The lowest BCUT2D eigenvalue weighted by atomic mass is 10.0. The summed E-state index contributed by atoms with van der Waals surface area (Å²) >= 11 is 0. The molecule has 2 unspecified atom stereocenters. The van der Waals surface area contributed by atoms with Crippen molar-refractivity contribution in [1.82, 2.24) is 5.32 Å². The molecule has 0 radical (unpaired) electrons. The van der Waals surface area contributed by atoms with Crippen molar-refractivity contribution in [3.8, 4) is 0 Å². The Morgan fingerprint density at radius 3 is 3.08 bits per heavy atom. The van der Waals surface area contributed by atoms with Crippen molar-refractivity contribution in [2.45, 2.75) is 19.4 Å². The van der Waals surface area contributed by atoms with E-state index in [1.807, 2.05) is 6.92 Å². The highest BCUT2D eigenvalue weighted by atomic mass is 16.5. The van der Waals surface area contributed by atoms with Gasteiger partial charge in [0.15, 0.2) is 0 Å². The van der Waals surface area contributed by atoms with E-state index in [2.05, 4.69) is 5.32 Å². The molecule has 0 bridgehead atoms. The highest BCUT2D eigenvalue weighted by Gasteiger charge is 2.21. The highest BCUT2D eigenvalue weighted by molar-refractivity contribution is 5.69. The Balaban J connectivity index is 2.17. The zero-order valence-corrected chi connectivity index (χ0v) is 7.25. The van der Waals surface area contributed by atoms with E-state index in [0.717, 1.165) is 19.6 Å². The lowest BCUT2D eigenvalue weighted by molar-refractivity contribution is -0.136. The molecule has 0 aliphatic carbocycles. The number of hydrogen-bond acceptors (Lipinski definition) is 3. The van der Waals surface area contributed by atoms with Crippen molar-refractivity contribution in [3.05, 3.63) is 0 Å². The van der Waals surface area contributed by atoms with Gasteiger partial charge >= 0.3 is 5.97 Å². The van der Waals surface area contributed by atoms with Gasteiger partial charge in [0, 0.05) is 12.6 Å². The average molecular weight is 173 g/mol. The van der Waals surface area contributed by atoms with Crippen LogP contribution in [-0.4, -0.2) is 36.9 Å². The van der Waals surface area contributed by atoms with E-state index in [4.69, 9.17) is 9.84 Å². The van der Waals surface area contributed by atoms with Crippen LogP contribution < -0.4 is 5.32 Å². The van der Waals surface area contributed by atoms with Gasteiger partial charge in [0.25, 0.3) is 0 Å². The summed E-state index contributed by atoms with van der Waals surface area (Å²) in [6.45, 7) is 3.61. The minimum Gasteiger partial charge on any atom is -0.480 e. The molecule has 1 heterocycles. The van der Waals surface area contributed by atoms with Gasteiger partial charge in [-0.25, -0.2) is 0 Å². The van der Waals surface area contributed by atoms with Crippen molar-refractivity contribution < 1.29 is 14.6 Å². The van der Waals surface area contributed by atoms with Crippen LogP contribution in [0.3, 0.4) is 0 Å². The summed E-state index contributed by atoms with van der Waals surface area (Å²) in [5.74, 6) is -0.329. The Hall–Kier alpha value is -0.610. The molecule has 0 aromatic carbocycles. The first kappa shape index (κ1) is 9.48. The van der Waals surface area contributed by atoms with E-state index in [9.17, 15) is 4.79 Å². The Bertz CT molecular complexity index is 154. The molecular weight excluding hydrogens is 158 g/mol. The Labute approximate surface area is 71.9 Å². The molecule has 1 fully saturated rings. The maximum atomic E-state index is 10.2. The van der Waals surface area contributed by atoms with Crippen LogP contribution in [0.1, 0.15) is 13.3 Å². The van der Waals surface area contributed by atoms with Crippen LogP contribution in [-0.2, 0) is 9.53 Å². The number of rotatable bonds is 4. The SMILES string of the molecule is CC(NCC(=O)O)C1CCOC1. The van der Waals surface area contributed by atoms with Crippen molar-refractivity contribution in [2.75, 3.05) is 19.8 Å². The van der Waals surface area contributed by atoms with Gasteiger partial charge in [-0.1, -0.05) is 0 Å². The largest absolute Gasteiger partial charge is 0.480 e. The van der Waals surface area contributed by atoms with Gasteiger partial charge in [0.2, 0.25) is 0 Å². The number of carboxylic acid groups (broad SMARTS) is 1. The lowest BCUT2D eigenvalue weighted by Crippen LogP contribution is -2.37. The minimum atomic E-state index is -0.805. The molecule has 0 aromatic rings. The van der Waals surface area contributed by atoms with Crippen LogP contribution in [0.2, 0.25) is 0 Å². The van der Waals surface area contributed by atoms with Crippen LogP contribution in [0.5, 0.6) is 0 Å². The first-order chi connectivity index (χ1) is 5.70. The number of nitrogens with one attached hydrogen (secondary N) is 1. The zero-order chi connectivity index (χ0) is 8.97. The number of hydrogen-bond donors (Lipinski definition) is 2. The normalized spacial score (nSPS) is 25.6. The van der Waals surface area contributed by atoms with Gasteiger partial charge in [-0.3, -0.25) is 4.79 Å². The first-order valence-electron chi connectivity index (χ1n) is 4.23. The van der Waals surface area contributed by atoms with Gasteiger partial charge in [0.05, 0.1) is 13.2 Å². The molecule has 0 spiro atoms. The van der Waals surface area contributed by atoms with Crippen molar-refractivity contribution in [1.29, 1.82) is 0 Å². The third-order valence-electron chi connectivity index (χ3n) is 2.25. The van der Waals surface area contributed by atoms with Crippen LogP contribution in [0, 0.1) is 5.92 Å². The number of aliphatic carboxylic acids is 1. The standard InChI is InChI=1S/C8H15NO3/c1-6(9-4-8(10)11)7-2-3-12-5-7/h6-7,9H,2-5H2,1H3,(H,10,11). The number of ether oxygens (including phenoxy) is 1. The molecule has 4 nitrogen and oxygen atoms in total. The third kappa shape index (κ3) is 2.79. The smallest absolute Gasteiger partial charge is 0.317 e. The number of carboxylic acids is 1. The molecular formula is C8H15NO3. The molecule has 0 aromatic heterocycles. The van der Waals surface area contributed by atoms with Gasteiger partial charge in [-0.05, 0) is 19.3 Å². The lowest BCUT2D eigenvalue weighted by Gasteiger charge is -2.17. The molecule has 2 atom stereocenters. The van der Waals surface area contributed by atoms with Crippen molar-refractivity contribution in [3.63, 3.8) is 0 Å². The van der Waals surface area contributed by atoms with Gasteiger partial charge < -0.3 is 15.2 Å². The fourth-order valence-corrected chi connectivity index (χ4v) is 1.36. The predicted molar refractivity (Wildman–Crippen MR) is 44.0 cm³/mol. The molecule has 4 heteroatoms. The fraction of sp³-hybridized carbons (Fsp3) is 0.875. The van der Waals surface area contributed by atoms with Crippen molar-refractivity contribution >= 4 is 5.97 Å². The summed E-state index contributed by atoms with van der Waals surface area (Å²) in [6.07, 6.45) is 1.04. The molecule has 0 saturated carbocycles. The molecule has 1 aliphatic heterocycles. The molecule has 1 aliphatic rings. The molecule has 1 saturated heterocycles. The van der Waals surface area contributed by atoms with Crippen LogP contribution in [0.15, 0.2) is 0 Å². The summed E-state index contributed by atoms with van der Waals surface area (Å²) in [5, 5.41) is 11.4. The quantitative estimate of drug-likeness (QED) is 0.632. The predicted octanol–water partition coefficient (Wildman–Crippen LogP) is 0.0856. The van der Waals surface area contributed by atoms with E-state index < -0.39 is 5.97 Å². The molecule has 2 N–H and O–H groups in total. The fourth-order valence-electron chi connectivity index (χ4n) is 1.36. The Morgan fingerprint density at radius 2 is 2.58 bits per heavy atom. The van der Waals surface area contributed by atoms with E-state index in [1.165, 1.54) is 0 Å². The van der Waals surface area contributed by atoms with Gasteiger partial charge in [0.1, 0.15) is 0 Å². The second-order valence-corrected chi connectivity index (χ2v) is 3.19. The van der Waals surface area contributed by atoms with Crippen molar-refractivity contribution in [2.24, 2.45) is 5.92 Å². The van der Waals surface area contributed by atoms with E-state index in [-0.39, 0.29) is 12.6 Å². The maximum absolute atomic E-state index is 10.2. The van der Waals surface area contributed by atoms with Gasteiger partial charge in [-0.2, -0.15) is 0 Å². The second-order valence-electron chi connectivity index (χ2n) is 3.19. The summed E-state index contributed by atoms with van der Waals surface area (Å²) in [5.41, 5.74) is 0. The summed E-state index contributed by atoms with van der Waals surface area (Å²) in [4.78, 5) is 10.2. The van der Waals surface area contributed by atoms with E-state index in [0.29, 0.717) is 5.92 Å². The summed E-state index contributed by atoms with van der Waals surface area (Å²) < 4.78 is 5.20. The molecule has 0 amide bonds. The average Bonchev–Trinajstić information content (AvgIpc) is 2.51. The van der Waals surface area contributed by atoms with Crippen LogP contribution >= 0.6 is 0 Å². The molecule has 70 valence electrons. The van der Waals surface area contributed by atoms with E-state index >= 15 is 0 Å². The Kier molecular flexibility index (Phi) is 3.49. The topological polar surface area (TPSA) is 58.6 Å². The summed E-state index contributed by atoms with van der Waals surface area (Å²) in [7, 11) is 0.